The van der Waals surface area contributed by atoms with Crippen LogP contribution in [-0.4, -0.2) is 32.1 Å². The van der Waals surface area contributed by atoms with Crippen LogP contribution < -0.4 is 9.94 Å². The summed E-state index contributed by atoms with van der Waals surface area (Å²) < 4.78 is 31.2. The number of carbonyl (C=O) groups is 1. The molecule has 0 unspecified atom stereocenters. The molecular formula is C18H18ClN3O4S2. The number of hydrogen-bond donors (Lipinski definition) is 1. The van der Waals surface area contributed by atoms with E-state index in [2.05, 4.69) is 4.99 Å². The molecule has 0 aliphatic heterocycles. The number of aromatic nitrogens is 1. The van der Waals surface area contributed by atoms with E-state index in [1.807, 2.05) is 11.5 Å². The second kappa shape index (κ2) is 8.54. The fraction of sp³-hybridized carbons (Fsp3) is 0.222. The zero-order valence-electron chi connectivity index (χ0n) is 15.0. The summed E-state index contributed by atoms with van der Waals surface area (Å²) in [6, 6.07) is 11.2. The van der Waals surface area contributed by atoms with Crippen LogP contribution in [-0.2, 0) is 21.3 Å². The number of primary sulfonamides is 1. The van der Waals surface area contributed by atoms with Crippen molar-refractivity contribution in [3.8, 4) is 0 Å². The van der Waals surface area contributed by atoms with Crippen LogP contribution in [0.1, 0.15) is 17.3 Å². The van der Waals surface area contributed by atoms with Crippen molar-refractivity contribution in [1.82, 2.24) is 4.57 Å². The smallest absolute Gasteiger partial charge is 0.281 e. The van der Waals surface area contributed by atoms with Gasteiger partial charge in [-0.15, -0.1) is 0 Å². The van der Waals surface area contributed by atoms with Gasteiger partial charge < -0.3 is 9.30 Å². The van der Waals surface area contributed by atoms with E-state index in [4.69, 9.17) is 21.5 Å². The van der Waals surface area contributed by atoms with Crippen LogP contribution in [0.25, 0.3) is 10.2 Å². The number of nitrogens with zero attached hydrogens (tertiary/aromatic N) is 2. The lowest BCUT2D eigenvalue weighted by molar-refractivity contribution is 0.0996. The molecule has 10 heteroatoms. The Morgan fingerprint density at radius 3 is 2.71 bits per heavy atom. The van der Waals surface area contributed by atoms with Crippen LogP contribution in [0.2, 0.25) is 5.02 Å². The quantitative estimate of drug-likeness (QED) is 0.596. The maximum atomic E-state index is 12.6. The standard InChI is InChI=1S/C18H18ClN3O4S2/c1-2-26-10-9-22-15-8-7-12(28(20,24)25)11-16(15)27-18(22)21-17(23)13-5-3-4-6-14(13)19/h3-8,11H,2,9-10H2,1H3,(H2,20,24,25). The summed E-state index contributed by atoms with van der Waals surface area (Å²) in [6.07, 6.45) is 0. The molecule has 0 spiro atoms. The summed E-state index contributed by atoms with van der Waals surface area (Å²) >= 11 is 7.29. The molecule has 1 aromatic heterocycles. The molecule has 28 heavy (non-hydrogen) atoms. The first kappa shape index (κ1) is 20.7. The van der Waals surface area contributed by atoms with Gasteiger partial charge in [-0.2, -0.15) is 4.99 Å². The van der Waals surface area contributed by atoms with Crippen LogP contribution >= 0.6 is 22.9 Å². The number of carbonyl (C=O) groups excluding carboxylic acids is 1. The highest BCUT2D eigenvalue weighted by atomic mass is 35.5. The predicted molar refractivity (Wildman–Crippen MR) is 109 cm³/mol. The molecule has 0 saturated carbocycles. The van der Waals surface area contributed by atoms with E-state index in [9.17, 15) is 13.2 Å². The van der Waals surface area contributed by atoms with Crippen molar-refractivity contribution in [3.63, 3.8) is 0 Å². The van der Waals surface area contributed by atoms with E-state index >= 15 is 0 Å². The third-order valence-corrected chi connectivity index (χ3v) is 6.23. The van der Waals surface area contributed by atoms with E-state index in [0.717, 1.165) is 5.52 Å². The number of rotatable bonds is 6. The molecule has 0 aliphatic carbocycles. The van der Waals surface area contributed by atoms with Gasteiger partial charge in [0.15, 0.2) is 4.80 Å². The molecule has 0 fully saturated rings. The number of hydrogen-bond acceptors (Lipinski definition) is 5. The molecule has 0 aliphatic rings. The Labute approximate surface area is 171 Å². The molecule has 0 saturated heterocycles. The Kier molecular flexibility index (Phi) is 6.31. The number of nitrogens with two attached hydrogens (primary N) is 1. The Morgan fingerprint density at radius 2 is 2.04 bits per heavy atom. The summed E-state index contributed by atoms with van der Waals surface area (Å²) in [5.41, 5.74) is 1.03. The van der Waals surface area contributed by atoms with Crippen molar-refractivity contribution in [2.75, 3.05) is 13.2 Å². The molecule has 3 aromatic rings. The molecule has 7 nitrogen and oxygen atoms in total. The first-order valence-electron chi connectivity index (χ1n) is 8.39. The highest BCUT2D eigenvalue weighted by molar-refractivity contribution is 7.89. The maximum absolute atomic E-state index is 12.6. The van der Waals surface area contributed by atoms with E-state index in [-0.39, 0.29) is 4.90 Å². The highest BCUT2D eigenvalue weighted by Gasteiger charge is 2.14. The van der Waals surface area contributed by atoms with Gasteiger partial charge >= 0.3 is 0 Å². The zero-order valence-corrected chi connectivity index (χ0v) is 17.4. The number of halogens is 1. The second-order valence-corrected chi connectivity index (χ2v) is 8.78. The number of fused-ring (bicyclic) bond motifs is 1. The van der Waals surface area contributed by atoms with Crippen LogP contribution in [0.5, 0.6) is 0 Å². The Morgan fingerprint density at radius 1 is 1.29 bits per heavy atom. The lowest BCUT2D eigenvalue weighted by Gasteiger charge is -2.06. The number of ether oxygens (including phenoxy) is 1. The van der Waals surface area contributed by atoms with E-state index < -0.39 is 15.9 Å². The minimum Gasteiger partial charge on any atom is -0.380 e. The maximum Gasteiger partial charge on any atom is 0.281 e. The fourth-order valence-electron chi connectivity index (χ4n) is 2.61. The third kappa shape index (κ3) is 4.50. The minimum absolute atomic E-state index is 0.00203. The summed E-state index contributed by atoms with van der Waals surface area (Å²) in [7, 11) is -3.83. The molecular weight excluding hydrogens is 422 g/mol. The van der Waals surface area contributed by atoms with Gasteiger partial charge in [0.1, 0.15) is 0 Å². The normalized spacial score (nSPS) is 12.6. The van der Waals surface area contributed by atoms with Crippen molar-refractivity contribution in [3.05, 3.63) is 57.9 Å². The van der Waals surface area contributed by atoms with Gasteiger partial charge in [-0.05, 0) is 37.3 Å². The van der Waals surface area contributed by atoms with Crippen LogP contribution in [0.15, 0.2) is 52.4 Å². The van der Waals surface area contributed by atoms with Gasteiger partial charge in [0.2, 0.25) is 10.0 Å². The average molecular weight is 440 g/mol. The summed E-state index contributed by atoms with van der Waals surface area (Å²) in [6.45, 7) is 3.33. The van der Waals surface area contributed by atoms with Crippen molar-refractivity contribution in [2.45, 2.75) is 18.4 Å². The summed E-state index contributed by atoms with van der Waals surface area (Å²) in [5.74, 6) is -0.478. The van der Waals surface area contributed by atoms with Gasteiger partial charge in [0.05, 0.1) is 32.3 Å². The highest BCUT2D eigenvalue weighted by Crippen LogP contribution is 2.22. The topological polar surface area (TPSA) is 104 Å². The molecule has 2 N–H and O–H groups in total. The van der Waals surface area contributed by atoms with Crippen molar-refractivity contribution >= 4 is 49.1 Å². The first-order valence-corrected chi connectivity index (χ1v) is 11.1. The molecule has 0 radical (unpaired) electrons. The first-order chi connectivity index (χ1) is 13.3. The number of sulfonamides is 1. The molecule has 3 rings (SSSR count). The fourth-order valence-corrected chi connectivity index (χ4v) is 4.54. The van der Waals surface area contributed by atoms with Gasteiger partial charge in [0, 0.05) is 13.2 Å². The monoisotopic (exact) mass is 439 g/mol. The lowest BCUT2D eigenvalue weighted by Crippen LogP contribution is -2.20. The van der Waals surface area contributed by atoms with Crippen LogP contribution in [0.3, 0.4) is 0 Å². The number of thiazole rings is 1. The van der Waals surface area contributed by atoms with Crippen molar-refractivity contribution in [2.24, 2.45) is 10.1 Å². The van der Waals surface area contributed by atoms with E-state index in [0.29, 0.717) is 39.8 Å². The Hall–Kier alpha value is -2.04. The van der Waals surface area contributed by atoms with Gasteiger partial charge in [-0.1, -0.05) is 35.1 Å². The number of amides is 1. The molecule has 2 aromatic carbocycles. The lowest BCUT2D eigenvalue weighted by atomic mass is 10.2. The van der Waals surface area contributed by atoms with Gasteiger partial charge in [-0.3, -0.25) is 4.79 Å². The van der Waals surface area contributed by atoms with Crippen LogP contribution in [0.4, 0.5) is 0 Å². The molecule has 1 amide bonds. The molecule has 0 atom stereocenters. The largest absolute Gasteiger partial charge is 0.380 e. The average Bonchev–Trinajstić information content (AvgIpc) is 2.98. The van der Waals surface area contributed by atoms with Gasteiger partial charge in [-0.25, -0.2) is 13.6 Å². The SMILES string of the molecule is CCOCCn1c(=NC(=O)c2ccccc2Cl)sc2cc(S(N)(=O)=O)ccc21. The predicted octanol–water partition coefficient (Wildman–Crippen LogP) is 2.78. The van der Waals surface area contributed by atoms with Crippen molar-refractivity contribution in [1.29, 1.82) is 0 Å². The molecule has 0 bridgehead atoms. The minimum atomic E-state index is -3.83. The van der Waals surface area contributed by atoms with E-state index in [1.165, 1.54) is 23.5 Å². The number of benzene rings is 2. The van der Waals surface area contributed by atoms with Crippen LogP contribution in [0, 0.1) is 0 Å². The van der Waals surface area contributed by atoms with Gasteiger partial charge in [0.25, 0.3) is 5.91 Å². The zero-order chi connectivity index (χ0) is 20.3. The van der Waals surface area contributed by atoms with Crippen molar-refractivity contribution < 1.29 is 17.9 Å². The third-order valence-electron chi connectivity index (χ3n) is 3.95. The molecule has 1 heterocycles. The Balaban J connectivity index is 2.14. The van der Waals surface area contributed by atoms with E-state index in [1.54, 1.807) is 30.3 Å². The second-order valence-electron chi connectivity index (χ2n) is 5.80. The summed E-state index contributed by atoms with van der Waals surface area (Å²) in [4.78, 5) is 17.3. The Bertz CT molecular complexity index is 1200. The summed E-state index contributed by atoms with van der Waals surface area (Å²) in [5, 5.41) is 5.54. The molecule has 148 valence electrons.